The molecule has 1 heterocycles. The van der Waals surface area contributed by atoms with Crippen LogP contribution in [0, 0.1) is 11.8 Å². The fraction of sp³-hybridized carbons (Fsp3) is 0.857. The van der Waals surface area contributed by atoms with Gasteiger partial charge in [0, 0.05) is 32.1 Å². The van der Waals surface area contributed by atoms with E-state index >= 15 is 0 Å². The van der Waals surface area contributed by atoms with Crippen LogP contribution in [0.2, 0.25) is 0 Å². The lowest BCUT2D eigenvalue weighted by atomic mass is 10.2. The van der Waals surface area contributed by atoms with Gasteiger partial charge in [-0.05, 0) is 38.1 Å². The minimum Gasteiger partial charge on any atom is -0.339 e. The summed E-state index contributed by atoms with van der Waals surface area (Å²) in [4.78, 5) is 27.7. The summed E-state index contributed by atoms with van der Waals surface area (Å²) in [5.74, 6) is 1.58. The van der Waals surface area contributed by atoms with E-state index in [1.54, 1.807) is 0 Å². The molecule has 3 fully saturated rings. The molecule has 106 valence electrons. The lowest BCUT2D eigenvalue weighted by Crippen LogP contribution is -2.52. The summed E-state index contributed by atoms with van der Waals surface area (Å²) in [6.07, 6.45) is 4.73. The zero-order chi connectivity index (χ0) is 13.2. The van der Waals surface area contributed by atoms with Crippen LogP contribution in [0.4, 0.5) is 0 Å². The van der Waals surface area contributed by atoms with Gasteiger partial charge in [0.25, 0.3) is 0 Å². The van der Waals surface area contributed by atoms with Crippen LogP contribution in [0.15, 0.2) is 0 Å². The third-order valence-corrected chi connectivity index (χ3v) is 4.28. The number of carbonyl (C=O) groups is 2. The molecule has 2 saturated carbocycles. The molecule has 2 aliphatic carbocycles. The summed E-state index contributed by atoms with van der Waals surface area (Å²) >= 11 is 0. The highest BCUT2D eigenvalue weighted by molar-refractivity contribution is 5.82. The van der Waals surface area contributed by atoms with E-state index in [4.69, 9.17) is 0 Å². The predicted molar refractivity (Wildman–Crippen MR) is 71.5 cm³/mol. The van der Waals surface area contributed by atoms with Gasteiger partial charge in [0.05, 0.1) is 6.54 Å². The fourth-order valence-corrected chi connectivity index (χ4v) is 2.58. The van der Waals surface area contributed by atoms with E-state index < -0.39 is 0 Å². The van der Waals surface area contributed by atoms with Gasteiger partial charge in [-0.2, -0.15) is 0 Å². The number of rotatable bonds is 5. The molecule has 5 nitrogen and oxygen atoms in total. The Labute approximate surface area is 114 Å². The quantitative estimate of drug-likeness (QED) is 0.765. The molecule has 3 aliphatic rings. The summed E-state index contributed by atoms with van der Waals surface area (Å²) < 4.78 is 0. The normalized spacial score (nSPS) is 23.6. The van der Waals surface area contributed by atoms with Crippen molar-refractivity contribution in [2.75, 3.05) is 39.3 Å². The van der Waals surface area contributed by atoms with Crippen molar-refractivity contribution in [3.63, 3.8) is 0 Å². The standard InChI is InChI=1S/C14H23N3O2/c18-13(10-15-9-11-1-2-11)16-5-7-17(8-6-16)14(19)12-3-4-12/h11-12,15H,1-10H2. The average Bonchev–Trinajstić information content (AvgIpc) is 3.29. The number of hydrogen-bond acceptors (Lipinski definition) is 3. The monoisotopic (exact) mass is 265 g/mol. The molecule has 0 aromatic carbocycles. The van der Waals surface area contributed by atoms with Crippen LogP contribution in [0.25, 0.3) is 0 Å². The van der Waals surface area contributed by atoms with Crippen molar-refractivity contribution in [2.45, 2.75) is 25.7 Å². The van der Waals surface area contributed by atoms with Crippen LogP contribution in [0.3, 0.4) is 0 Å². The fourth-order valence-electron chi connectivity index (χ4n) is 2.58. The maximum atomic E-state index is 12.0. The Bertz CT molecular complexity index is 356. The molecule has 0 radical (unpaired) electrons. The molecule has 0 atom stereocenters. The van der Waals surface area contributed by atoms with Gasteiger partial charge in [-0.25, -0.2) is 0 Å². The van der Waals surface area contributed by atoms with Crippen LogP contribution in [0.5, 0.6) is 0 Å². The minimum absolute atomic E-state index is 0.180. The van der Waals surface area contributed by atoms with Crippen LogP contribution in [-0.2, 0) is 9.59 Å². The maximum absolute atomic E-state index is 12.0. The van der Waals surface area contributed by atoms with Crippen molar-refractivity contribution < 1.29 is 9.59 Å². The molecular weight excluding hydrogens is 242 g/mol. The topological polar surface area (TPSA) is 52.7 Å². The molecule has 2 amide bonds. The highest BCUT2D eigenvalue weighted by Gasteiger charge is 2.35. The van der Waals surface area contributed by atoms with Crippen LogP contribution in [0.1, 0.15) is 25.7 Å². The SMILES string of the molecule is O=C(CNCC1CC1)N1CCN(C(=O)C2CC2)CC1. The molecule has 1 N–H and O–H groups in total. The number of nitrogens with zero attached hydrogens (tertiary/aromatic N) is 2. The molecule has 3 rings (SSSR count). The average molecular weight is 265 g/mol. The van der Waals surface area contributed by atoms with E-state index in [1.165, 1.54) is 12.8 Å². The molecule has 0 unspecified atom stereocenters. The van der Waals surface area contributed by atoms with Crippen LogP contribution < -0.4 is 5.32 Å². The van der Waals surface area contributed by atoms with Gasteiger partial charge >= 0.3 is 0 Å². The molecule has 0 aromatic heterocycles. The van der Waals surface area contributed by atoms with Crippen LogP contribution in [-0.4, -0.2) is 60.9 Å². The maximum Gasteiger partial charge on any atom is 0.236 e. The van der Waals surface area contributed by atoms with E-state index in [0.717, 1.165) is 25.3 Å². The summed E-state index contributed by atoms with van der Waals surface area (Å²) in [6.45, 7) is 4.25. The van der Waals surface area contributed by atoms with E-state index in [2.05, 4.69) is 5.32 Å². The second kappa shape index (κ2) is 5.49. The number of carbonyl (C=O) groups excluding carboxylic acids is 2. The smallest absolute Gasteiger partial charge is 0.236 e. The summed E-state index contributed by atoms with van der Waals surface area (Å²) in [7, 11) is 0. The molecule has 0 spiro atoms. The van der Waals surface area contributed by atoms with E-state index in [1.807, 2.05) is 9.80 Å². The molecule has 19 heavy (non-hydrogen) atoms. The Morgan fingerprint density at radius 1 is 0.947 bits per heavy atom. The van der Waals surface area contributed by atoms with Gasteiger partial charge < -0.3 is 15.1 Å². The summed E-state index contributed by atoms with van der Waals surface area (Å²) in [6, 6.07) is 0. The molecule has 0 bridgehead atoms. The van der Waals surface area contributed by atoms with Crippen molar-refractivity contribution >= 4 is 11.8 Å². The number of amides is 2. The van der Waals surface area contributed by atoms with Crippen molar-refractivity contribution in [1.82, 2.24) is 15.1 Å². The van der Waals surface area contributed by atoms with Gasteiger partial charge in [0.15, 0.2) is 0 Å². The van der Waals surface area contributed by atoms with Gasteiger partial charge in [0.1, 0.15) is 0 Å². The molecular formula is C14H23N3O2. The Balaban J connectivity index is 1.36. The first-order chi connectivity index (χ1) is 9.24. The van der Waals surface area contributed by atoms with Gasteiger partial charge in [-0.1, -0.05) is 0 Å². The van der Waals surface area contributed by atoms with Crippen LogP contribution >= 0.6 is 0 Å². The first kappa shape index (κ1) is 12.9. The third-order valence-electron chi connectivity index (χ3n) is 4.28. The number of piperazine rings is 1. The third kappa shape index (κ3) is 3.47. The molecule has 5 heteroatoms. The Hall–Kier alpha value is -1.10. The second-order valence-electron chi connectivity index (χ2n) is 6.05. The highest BCUT2D eigenvalue weighted by Crippen LogP contribution is 2.31. The second-order valence-corrected chi connectivity index (χ2v) is 6.05. The Morgan fingerprint density at radius 3 is 2.16 bits per heavy atom. The van der Waals surface area contributed by atoms with E-state index in [9.17, 15) is 9.59 Å². The largest absolute Gasteiger partial charge is 0.339 e. The predicted octanol–water partition coefficient (Wildman–Crippen LogP) is 0.0668. The minimum atomic E-state index is 0.180. The van der Waals surface area contributed by atoms with Crippen molar-refractivity contribution in [2.24, 2.45) is 11.8 Å². The molecule has 1 aliphatic heterocycles. The number of nitrogens with one attached hydrogen (secondary N) is 1. The van der Waals surface area contributed by atoms with Gasteiger partial charge in [-0.3, -0.25) is 9.59 Å². The van der Waals surface area contributed by atoms with Crippen molar-refractivity contribution in [3.05, 3.63) is 0 Å². The van der Waals surface area contributed by atoms with Crippen molar-refractivity contribution in [1.29, 1.82) is 0 Å². The first-order valence-corrected chi connectivity index (χ1v) is 7.51. The van der Waals surface area contributed by atoms with E-state index in [-0.39, 0.29) is 5.91 Å². The number of hydrogen-bond donors (Lipinski definition) is 1. The molecule has 0 aromatic rings. The highest BCUT2D eigenvalue weighted by atomic mass is 16.2. The Morgan fingerprint density at radius 2 is 1.58 bits per heavy atom. The summed E-state index contributed by atoms with van der Waals surface area (Å²) in [5.41, 5.74) is 0. The van der Waals surface area contributed by atoms with Gasteiger partial charge in [0.2, 0.25) is 11.8 Å². The van der Waals surface area contributed by atoms with Crippen molar-refractivity contribution in [3.8, 4) is 0 Å². The summed E-state index contributed by atoms with van der Waals surface area (Å²) in [5, 5.41) is 3.23. The lowest BCUT2D eigenvalue weighted by Gasteiger charge is -2.35. The van der Waals surface area contributed by atoms with E-state index in [0.29, 0.717) is 44.5 Å². The Kier molecular flexibility index (Phi) is 3.73. The zero-order valence-electron chi connectivity index (χ0n) is 11.4. The zero-order valence-corrected chi connectivity index (χ0v) is 11.4. The lowest BCUT2D eigenvalue weighted by molar-refractivity contribution is -0.139. The van der Waals surface area contributed by atoms with Gasteiger partial charge in [-0.15, -0.1) is 0 Å². The molecule has 1 saturated heterocycles. The first-order valence-electron chi connectivity index (χ1n) is 7.51.